The Labute approximate surface area is 96.8 Å². The molecule has 3 rings (SSSR count). The molecule has 0 fully saturated rings. The predicted molar refractivity (Wildman–Crippen MR) is 64.7 cm³/mol. The molecule has 2 heteroatoms. The van der Waals surface area contributed by atoms with Gasteiger partial charge in [-0.25, -0.2) is 0 Å². The van der Waals surface area contributed by atoms with Crippen LogP contribution in [0, 0.1) is 0 Å². The molecule has 2 atom stereocenters. The largest absolute Gasteiger partial charge is 0.490 e. The summed E-state index contributed by atoms with van der Waals surface area (Å²) in [4.78, 5) is 0. The highest BCUT2D eigenvalue weighted by Crippen LogP contribution is 2.37. The van der Waals surface area contributed by atoms with E-state index in [1.807, 2.05) is 0 Å². The van der Waals surface area contributed by atoms with Crippen molar-refractivity contribution in [3.63, 3.8) is 0 Å². The zero-order chi connectivity index (χ0) is 11.1. The lowest BCUT2D eigenvalue weighted by Gasteiger charge is -2.30. The van der Waals surface area contributed by atoms with Gasteiger partial charge in [0.2, 0.25) is 0 Å². The first kappa shape index (κ1) is 10.2. The summed E-state index contributed by atoms with van der Waals surface area (Å²) in [5.41, 5.74) is 10.4. The second kappa shape index (κ2) is 3.77. The van der Waals surface area contributed by atoms with Gasteiger partial charge in [-0.1, -0.05) is 6.07 Å². The lowest BCUT2D eigenvalue weighted by atomic mass is 9.87. The number of ether oxygens (including phenoxy) is 1. The van der Waals surface area contributed by atoms with Crippen molar-refractivity contribution in [2.45, 2.75) is 51.2 Å². The van der Waals surface area contributed by atoms with E-state index in [4.69, 9.17) is 10.5 Å². The van der Waals surface area contributed by atoms with Crippen molar-refractivity contribution in [3.8, 4) is 5.75 Å². The molecule has 1 aliphatic carbocycles. The number of fused-ring (bicyclic) bond motifs is 2. The molecule has 2 nitrogen and oxygen atoms in total. The van der Waals surface area contributed by atoms with Crippen LogP contribution in [0.3, 0.4) is 0 Å². The first-order valence-corrected chi connectivity index (χ1v) is 6.32. The maximum Gasteiger partial charge on any atom is 0.124 e. The molecule has 0 amide bonds. The topological polar surface area (TPSA) is 35.2 Å². The Kier molecular flexibility index (Phi) is 2.40. The number of aryl methyl sites for hydroxylation is 2. The normalized spacial score (nSPS) is 27.9. The Morgan fingerprint density at radius 1 is 1.19 bits per heavy atom. The van der Waals surface area contributed by atoms with E-state index in [0.29, 0.717) is 0 Å². The fourth-order valence-corrected chi connectivity index (χ4v) is 2.92. The molecule has 0 saturated carbocycles. The predicted octanol–water partition coefficient (Wildman–Crippen LogP) is 2.74. The van der Waals surface area contributed by atoms with E-state index in [1.165, 1.54) is 42.4 Å². The molecular weight excluding hydrogens is 198 g/mol. The number of hydrogen-bond donors (Lipinski definition) is 1. The molecule has 16 heavy (non-hydrogen) atoms. The van der Waals surface area contributed by atoms with Gasteiger partial charge >= 0.3 is 0 Å². The van der Waals surface area contributed by atoms with Gasteiger partial charge in [0.15, 0.2) is 0 Å². The zero-order valence-corrected chi connectivity index (χ0v) is 9.83. The van der Waals surface area contributed by atoms with Crippen LogP contribution in [0.1, 0.15) is 48.9 Å². The average molecular weight is 217 g/mol. The standard InChI is InChI=1S/C14H19NO/c1-9-6-13(15)12-7-10-4-2-3-5-11(10)8-14(12)16-9/h7-9,13H,2-6,15H2,1H3. The van der Waals surface area contributed by atoms with Crippen LogP contribution in [-0.4, -0.2) is 6.10 Å². The van der Waals surface area contributed by atoms with Crippen molar-refractivity contribution in [2.75, 3.05) is 0 Å². The van der Waals surface area contributed by atoms with Crippen LogP contribution in [-0.2, 0) is 12.8 Å². The number of rotatable bonds is 0. The average Bonchev–Trinajstić information content (AvgIpc) is 2.27. The van der Waals surface area contributed by atoms with E-state index in [0.717, 1.165) is 12.2 Å². The zero-order valence-electron chi connectivity index (χ0n) is 9.83. The van der Waals surface area contributed by atoms with Crippen molar-refractivity contribution in [3.05, 3.63) is 28.8 Å². The fraction of sp³-hybridized carbons (Fsp3) is 0.571. The van der Waals surface area contributed by atoms with Crippen LogP contribution in [0.5, 0.6) is 5.75 Å². The lowest BCUT2D eigenvalue weighted by molar-refractivity contribution is 0.176. The molecule has 1 aromatic rings. The number of nitrogens with two attached hydrogens (primary N) is 1. The third kappa shape index (κ3) is 1.61. The van der Waals surface area contributed by atoms with E-state index in [9.17, 15) is 0 Å². The SMILES string of the molecule is CC1CC(N)c2cc3c(cc2O1)CCCC3. The Morgan fingerprint density at radius 2 is 1.88 bits per heavy atom. The van der Waals surface area contributed by atoms with Gasteiger partial charge in [-0.3, -0.25) is 0 Å². The van der Waals surface area contributed by atoms with Gasteiger partial charge in [0.05, 0.1) is 6.10 Å². The molecule has 1 aromatic carbocycles. The monoisotopic (exact) mass is 217 g/mol. The summed E-state index contributed by atoms with van der Waals surface area (Å²) < 4.78 is 5.89. The van der Waals surface area contributed by atoms with Crippen molar-refractivity contribution in [1.82, 2.24) is 0 Å². The van der Waals surface area contributed by atoms with E-state index >= 15 is 0 Å². The minimum absolute atomic E-state index is 0.158. The first-order valence-electron chi connectivity index (χ1n) is 6.32. The minimum atomic E-state index is 0.158. The van der Waals surface area contributed by atoms with Crippen molar-refractivity contribution in [2.24, 2.45) is 5.73 Å². The first-order chi connectivity index (χ1) is 7.74. The summed E-state index contributed by atoms with van der Waals surface area (Å²) in [5.74, 6) is 1.03. The Balaban J connectivity index is 2.06. The van der Waals surface area contributed by atoms with E-state index < -0.39 is 0 Å². The second-order valence-electron chi connectivity index (χ2n) is 5.14. The van der Waals surface area contributed by atoms with Crippen molar-refractivity contribution in [1.29, 1.82) is 0 Å². The van der Waals surface area contributed by atoms with Gasteiger partial charge in [0, 0.05) is 18.0 Å². The summed E-state index contributed by atoms with van der Waals surface area (Å²) in [6, 6.07) is 4.69. The fourth-order valence-electron chi connectivity index (χ4n) is 2.92. The summed E-state index contributed by atoms with van der Waals surface area (Å²) >= 11 is 0. The van der Waals surface area contributed by atoms with Gasteiger partial charge in [-0.2, -0.15) is 0 Å². The van der Waals surface area contributed by atoms with E-state index in [1.54, 1.807) is 0 Å². The second-order valence-corrected chi connectivity index (χ2v) is 5.14. The number of hydrogen-bond acceptors (Lipinski definition) is 2. The van der Waals surface area contributed by atoms with Crippen molar-refractivity contribution < 1.29 is 4.74 Å². The van der Waals surface area contributed by atoms with Gasteiger partial charge in [0.1, 0.15) is 5.75 Å². The molecule has 86 valence electrons. The molecule has 2 unspecified atom stereocenters. The summed E-state index contributed by atoms with van der Waals surface area (Å²) in [6.07, 6.45) is 6.24. The van der Waals surface area contributed by atoms with Crippen LogP contribution < -0.4 is 10.5 Å². The maximum atomic E-state index is 6.19. The maximum absolute atomic E-state index is 6.19. The Bertz CT molecular complexity index is 413. The number of benzene rings is 1. The summed E-state index contributed by atoms with van der Waals surface area (Å²) in [7, 11) is 0. The smallest absolute Gasteiger partial charge is 0.124 e. The Hall–Kier alpha value is -1.02. The van der Waals surface area contributed by atoms with Crippen LogP contribution in [0.15, 0.2) is 12.1 Å². The third-order valence-electron chi connectivity index (χ3n) is 3.79. The molecule has 0 bridgehead atoms. The third-order valence-corrected chi connectivity index (χ3v) is 3.79. The van der Waals surface area contributed by atoms with Gasteiger partial charge in [-0.05, 0) is 49.8 Å². The molecule has 0 radical (unpaired) electrons. The van der Waals surface area contributed by atoms with E-state index in [-0.39, 0.29) is 12.1 Å². The van der Waals surface area contributed by atoms with Crippen molar-refractivity contribution >= 4 is 0 Å². The highest BCUT2D eigenvalue weighted by molar-refractivity contribution is 5.46. The summed E-state index contributed by atoms with van der Waals surface area (Å²) in [6.45, 7) is 2.10. The molecule has 1 aliphatic heterocycles. The molecule has 0 aromatic heterocycles. The lowest BCUT2D eigenvalue weighted by Crippen LogP contribution is -2.27. The van der Waals surface area contributed by atoms with Gasteiger partial charge in [-0.15, -0.1) is 0 Å². The molecule has 0 spiro atoms. The Morgan fingerprint density at radius 3 is 2.62 bits per heavy atom. The van der Waals surface area contributed by atoms with Gasteiger partial charge < -0.3 is 10.5 Å². The molecular formula is C14H19NO. The molecule has 0 saturated heterocycles. The quantitative estimate of drug-likeness (QED) is 0.725. The van der Waals surface area contributed by atoms with Crippen LogP contribution in [0.25, 0.3) is 0 Å². The highest BCUT2D eigenvalue weighted by Gasteiger charge is 2.25. The van der Waals surface area contributed by atoms with Gasteiger partial charge in [0.25, 0.3) is 0 Å². The molecule has 2 N–H and O–H groups in total. The minimum Gasteiger partial charge on any atom is -0.490 e. The highest BCUT2D eigenvalue weighted by atomic mass is 16.5. The van der Waals surface area contributed by atoms with Crippen LogP contribution >= 0.6 is 0 Å². The molecule has 1 heterocycles. The van der Waals surface area contributed by atoms with E-state index in [2.05, 4.69) is 19.1 Å². The van der Waals surface area contributed by atoms with Crippen LogP contribution in [0.2, 0.25) is 0 Å². The van der Waals surface area contributed by atoms with Crippen LogP contribution in [0.4, 0.5) is 0 Å². The molecule has 2 aliphatic rings. The summed E-state index contributed by atoms with van der Waals surface area (Å²) in [5, 5.41) is 0.